The summed E-state index contributed by atoms with van der Waals surface area (Å²) in [5, 5.41) is 13.6. The highest BCUT2D eigenvalue weighted by atomic mass is 35.5. The summed E-state index contributed by atoms with van der Waals surface area (Å²) >= 11 is 6.05. The number of aryl methyl sites for hydroxylation is 1. The Labute approximate surface area is 103 Å². The van der Waals surface area contributed by atoms with Gasteiger partial charge < -0.3 is 5.11 Å². The second kappa shape index (κ2) is 4.59. The van der Waals surface area contributed by atoms with E-state index >= 15 is 0 Å². The molecular weight excluding hydrogens is 240 g/mol. The molecule has 0 aliphatic rings. The van der Waals surface area contributed by atoms with Gasteiger partial charge in [0.1, 0.15) is 0 Å². The molecule has 1 N–H and O–H groups in total. The molecule has 0 saturated heterocycles. The van der Waals surface area contributed by atoms with Crippen LogP contribution in [-0.2, 0) is 11.2 Å². The number of hydrogen-bond donors (Lipinski definition) is 1. The van der Waals surface area contributed by atoms with Crippen molar-refractivity contribution in [1.29, 1.82) is 0 Å². The summed E-state index contributed by atoms with van der Waals surface area (Å²) in [5.74, 6) is -0.869. The SMILES string of the molecule is Cc1nn(-c2ccccc2Cl)cc1CC(=O)O. The first kappa shape index (κ1) is 11.7. The van der Waals surface area contributed by atoms with Crippen molar-refractivity contribution in [3.63, 3.8) is 0 Å². The van der Waals surface area contributed by atoms with Crippen LogP contribution < -0.4 is 0 Å². The van der Waals surface area contributed by atoms with Crippen LogP contribution in [0.3, 0.4) is 0 Å². The van der Waals surface area contributed by atoms with Gasteiger partial charge in [-0.1, -0.05) is 23.7 Å². The number of aromatic nitrogens is 2. The highest BCUT2D eigenvalue weighted by Crippen LogP contribution is 2.20. The van der Waals surface area contributed by atoms with Crippen molar-refractivity contribution in [2.75, 3.05) is 0 Å². The third-order valence-electron chi connectivity index (χ3n) is 2.44. The van der Waals surface area contributed by atoms with E-state index in [2.05, 4.69) is 5.10 Å². The fourth-order valence-corrected chi connectivity index (χ4v) is 1.82. The van der Waals surface area contributed by atoms with E-state index in [9.17, 15) is 4.79 Å². The Balaban J connectivity index is 2.41. The number of benzene rings is 1. The maximum Gasteiger partial charge on any atom is 0.307 e. The molecule has 0 bridgehead atoms. The topological polar surface area (TPSA) is 55.1 Å². The van der Waals surface area contributed by atoms with Gasteiger partial charge in [0, 0.05) is 11.8 Å². The highest BCUT2D eigenvalue weighted by Gasteiger charge is 2.10. The molecule has 0 amide bonds. The van der Waals surface area contributed by atoms with Gasteiger partial charge in [0.15, 0.2) is 0 Å². The second-order valence-electron chi connectivity index (χ2n) is 3.71. The number of carboxylic acid groups (broad SMARTS) is 1. The van der Waals surface area contributed by atoms with Gasteiger partial charge in [0.05, 0.1) is 22.8 Å². The molecule has 0 saturated carbocycles. The largest absolute Gasteiger partial charge is 0.481 e. The Hall–Kier alpha value is -1.81. The molecular formula is C12H11ClN2O2. The molecule has 1 heterocycles. The summed E-state index contributed by atoms with van der Waals surface area (Å²) in [7, 11) is 0. The summed E-state index contributed by atoms with van der Waals surface area (Å²) in [6.07, 6.45) is 1.67. The molecule has 0 aliphatic heterocycles. The van der Waals surface area contributed by atoms with Crippen LogP contribution in [0.5, 0.6) is 0 Å². The van der Waals surface area contributed by atoms with Crippen molar-refractivity contribution in [1.82, 2.24) is 9.78 Å². The average Bonchev–Trinajstić information content (AvgIpc) is 2.60. The summed E-state index contributed by atoms with van der Waals surface area (Å²) in [5.41, 5.74) is 2.14. The van der Waals surface area contributed by atoms with Gasteiger partial charge in [-0.25, -0.2) is 4.68 Å². The smallest absolute Gasteiger partial charge is 0.307 e. The number of para-hydroxylation sites is 1. The van der Waals surface area contributed by atoms with Crippen LogP contribution in [0.15, 0.2) is 30.5 Å². The standard InChI is InChI=1S/C12H11ClN2O2/c1-8-9(6-12(16)17)7-15(14-8)11-5-3-2-4-10(11)13/h2-5,7H,6H2,1H3,(H,16,17). The number of carboxylic acids is 1. The summed E-state index contributed by atoms with van der Waals surface area (Å²) in [6.45, 7) is 1.78. The van der Waals surface area contributed by atoms with Crippen molar-refractivity contribution in [3.8, 4) is 5.69 Å². The van der Waals surface area contributed by atoms with Crippen molar-refractivity contribution in [2.24, 2.45) is 0 Å². The summed E-state index contributed by atoms with van der Waals surface area (Å²) in [6, 6.07) is 7.29. The van der Waals surface area contributed by atoms with Crippen LogP contribution in [0.25, 0.3) is 5.69 Å². The summed E-state index contributed by atoms with van der Waals surface area (Å²) < 4.78 is 1.61. The zero-order valence-corrected chi connectivity index (χ0v) is 9.98. The molecule has 0 atom stereocenters. The molecule has 4 nitrogen and oxygen atoms in total. The lowest BCUT2D eigenvalue weighted by Gasteiger charge is -2.02. The van der Waals surface area contributed by atoms with Crippen molar-refractivity contribution in [2.45, 2.75) is 13.3 Å². The number of carbonyl (C=O) groups is 1. The number of nitrogens with zero attached hydrogens (tertiary/aromatic N) is 2. The molecule has 0 unspecified atom stereocenters. The van der Waals surface area contributed by atoms with E-state index in [-0.39, 0.29) is 6.42 Å². The lowest BCUT2D eigenvalue weighted by Crippen LogP contribution is -2.00. The number of halogens is 1. The fourth-order valence-electron chi connectivity index (χ4n) is 1.59. The molecule has 0 radical (unpaired) electrons. The Morgan fingerprint density at radius 2 is 2.18 bits per heavy atom. The van der Waals surface area contributed by atoms with Gasteiger partial charge in [-0.3, -0.25) is 4.79 Å². The van der Waals surface area contributed by atoms with Crippen molar-refractivity contribution >= 4 is 17.6 Å². The summed E-state index contributed by atoms with van der Waals surface area (Å²) in [4.78, 5) is 10.7. The molecule has 17 heavy (non-hydrogen) atoms. The minimum absolute atomic E-state index is 0.0315. The monoisotopic (exact) mass is 250 g/mol. The van der Waals surface area contributed by atoms with Crippen LogP contribution in [0.4, 0.5) is 0 Å². The van der Waals surface area contributed by atoms with Crippen LogP contribution in [0.2, 0.25) is 5.02 Å². The molecule has 0 spiro atoms. The first-order chi connectivity index (χ1) is 8.08. The van der Waals surface area contributed by atoms with Gasteiger partial charge in [0.25, 0.3) is 0 Å². The number of aliphatic carboxylic acids is 1. The quantitative estimate of drug-likeness (QED) is 0.910. The highest BCUT2D eigenvalue weighted by molar-refractivity contribution is 6.32. The van der Waals surface area contributed by atoms with E-state index in [4.69, 9.17) is 16.7 Å². The molecule has 2 rings (SSSR count). The number of rotatable bonds is 3. The zero-order chi connectivity index (χ0) is 12.4. The third-order valence-corrected chi connectivity index (χ3v) is 2.76. The Morgan fingerprint density at radius 3 is 2.82 bits per heavy atom. The van der Waals surface area contributed by atoms with Crippen LogP contribution in [0, 0.1) is 6.92 Å². The van der Waals surface area contributed by atoms with Crippen molar-refractivity contribution < 1.29 is 9.90 Å². The first-order valence-electron chi connectivity index (χ1n) is 5.10. The zero-order valence-electron chi connectivity index (χ0n) is 9.22. The van der Waals surface area contributed by atoms with Gasteiger partial charge >= 0.3 is 5.97 Å². The van der Waals surface area contributed by atoms with Gasteiger partial charge in [-0.15, -0.1) is 0 Å². The van der Waals surface area contributed by atoms with Crippen LogP contribution in [-0.4, -0.2) is 20.9 Å². The Kier molecular flexibility index (Phi) is 3.15. The van der Waals surface area contributed by atoms with Gasteiger partial charge in [-0.2, -0.15) is 5.10 Å². The molecule has 1 aromatic carbocycles. The van der Waals surface area contributed by atoms with Crippen molar-refractivity contribution in [3.05, 3.63) is 46.7 Å². The molecule has 0 fully saturated rings. The predicted octanol–water partition coefficient (Wildman–Crippen LogP) is 2.46. The lowest BCUT2D eigenvalue weighted by molar-refractivity contribution is -0.136. The predicted molar refractivity (Wildman–Crippen MR) is 64.7 cm³/mol. The van der Waals surface area contributed by atoms with Crippen LogP contribution >= 0.6 is 11.6 Å². The minimum atomic E-state index is -0.869. The molecule has 5 heteroatoms. The molecule has 1 aromatic heterocycles. The van der Waals surface area contributed by atoms with Gasteiger partial charge in [-0.05, 0) is 19.1 Å². The third kappa shape index (κ3) is 2.47. The van der Waals surface area contributed by atoms with E-state index < -0.39 is 5.97 Å². The van der Waals surface area contributed by atoms with E-state index in [0.29, 0.717) is 16.3 Å². The fraction of sp³-hybridized carbons (Fsp3) is 0.167. The normalized spacial score (nSPS) is 10.5. The first-order valence-corrected chi connectivity index (χ1v) is 5.47. The Bertz CT molecular complexity index is 563. The maximum atomic E-state index is 10.7. The molecule has 0 aliphatic carbocycles. The van der Waals surface area contributed by atoms with Crippen LogP contribution in [0.1, 0.15) is 11.3 Å². The van der Waals surface area contributed by atoms with E-state index in [1.54, 1.807) is 23.9 Å². The molecule has 2 aromatic rings. The maximum absolute atomic E-state index is 10.7. The second-order valence-corrected chi connectivity index (χ2v) is 4.11. The van der Waals surface area contributed by atoms with E-state index in [1.165, 1.54) is 0 Å². The lowest BCUT2D eigenvalue weighted by atomic mass is 10.2. The van der Waals surface area contributed by atoms with E-state index in [1.807, 2.05) is 18.2 Å². The average molecular weight is 251 g/mol. The Morgan fingerprint density at radius 1 is 1.47 bits per heavy atom. The number of hydrogen-bond acceptors (Lipinski definition) is 2. The minimum Gasteiger partial charge on any atom is -0.481 e. The molecule has 88 valence electrons. The van der Waals surface area contributed by atoms with Gasteiger partial charge in [0.2, 0.25) is 0 Å². The van der Waals surface area contributed by atoms with E-state index in [0.717, 1.165) is 5.69 Å².